The van der Waals surface area contributed by atoms with Crippen LogP contribution in [0.5, 0.6) is 5.75 Å². The molecule has 82 valence electrons. The Kier molecular flexibility index (Phi) is 3.71. The number of aliphatic hydroxyl groups excluding tert-OH is 1. The minimum absolute atomic E-state index is 0.124. The summed E-state index contributed by atoms with van der Waals surface area (Å²) >= 11 is 3.25. The first kappa shape index (κ1) is 12.0. The van der Waals surface area contributed by atoms with Gasteiger partial charge in [0.25, 0.3) is 0 Å². The number of aromatic hydroxyl groups is 1. The molecule has 0 aliphatic rings. The summed E-state index contributed by atoms with van der Waals surface area (Å²) in [5.41, 5.74) is 0.938. The van der Waals surface area contributed by atoms with E-state index in [1.54, 1.807) is 6.92 Å². The smallest absolute Gasteiger partial charge is 0.339 e. The standard InChI is InChI=1S/C10H11BrO4/c1-5-3-8(12)6(4-7(5)11)9(13)10(14)15-2/h3-4,9,12-13H,1-2H3. The van der Waals surface area contributed by atoms with Crippen LogP contribution in [0.1, 0.15) is 17.2 Å². The average molecular weight is 275 g/mol. The van der Waals surface area contributed by atoms with Gasteiger partial charge in [0.2, 0.25) is 0 Å². The van der Waals surface area contributed by atoms with Crippen LogP contribution in [0, 0.1) is 6.92 Å². The minimum Gasteiger partial charge on any atom is -0.508 e. The third-order valence-electron chi connectivity index (χ3n) is 2.03. The third-order valence-corrected chi connectivity index (χ3v) is 2.88. The Labute approximate surface area is 95.6 Å². The predicted molar refractivity (Wildman–Crippen MR) is 57.5 cm³/mol. The van der Waals surface area contributed by atoms with E-state index < -0.39 is 12.1 Å². The van der Waals surface area contributed by atoms with Gasteiger partial charge in [-0.15, -0.1) is 0 Å². The SMILES string of the molecule is COC(=O)C(O)c1cc(Br)c(C)cc1O. The number of esters is 1. The number of halogens is 1. The normalized spacial score (nSPS) is 12.3. The van der Waals surface area contributed by atoms with Crippen LogP contribution in [0.25, 0.3) is 0 Å². The predicted octanol–water partition coefficient (Wildman–Crippen LogP) is 1.67. The Bertz CT molecular complexity index is 389. The highest BCUT2D eigenvalue weighted by Gasteiger charge is 2.22. The summed E-state index contributed by atoms with van der Waals surface area (Å²) in [6.45, 7) is 1.79. The van der Waals surface area contributed by atoms with Crippen molar-refractivity contribution >= 4 is 21.9 Å². The zero-order valence-corrected chi connectivity index (χ0v) is 9.91. The molecule has 0 saturated carbocycles. The fourth-order valence-electron chi connectivity index (χ4n) is 1.14. The molecule has 1 aromatic rings. The number of phenols is 1. The molecule has 0 saturated heterocycles. The average Bonchev–Trinajstić information content (AvgIpc) is 2.21. The second-order valence-electron chi connectivity index (χ2n) is 3.09. The maximum atomic E-state index is 11.1. The zero-order chi connectivity index (χ0) is 11.6. The first-order chi connectivity index (χ1) is 6.97. The largest absolute Gasteiger partial charge is 0.508 e. The van der Waals surface area contributed by atoms with Crippen LogP contribution in [-0.4, -0.2) is 23.3 Å². The Morgan fingerprint density at radius 1 is 1.53 bits per heavy atom. The second-order valence-corrected chi connectivity index (χ2v) is 3.94. The molecular formula is C10H11BrO4. The van der Waals surface area contributed by atoms with Crippen molar-refractivity contribution in [2.45, 2.75) is 13.0 Å². The molecule has 0 aromatic heterocycles. The fourth-order valence-corrected chi connectivity index (χ4v) is 1.50. The lowest BCUT2D eigenvalue weighted by atomic mass is 10.1. The molecular weight excluding hydrogens is 264 g/mol. The van der Waals surface area contributed by atoms with Crippen LogP contribution in [0.3, 0.4) is 0 Å². The maximum Gasteiger partial charge on any atom is 0.339 e. The van der Waals surface area contributed by atoms with Crippen molar-refractivity contribution < 1.29 is 19.7 Å². The van der Waals surface area contributed by atoms with Crippen LogP contribution >= 0.6 is 15.9 Å². The molecule has 1 atom stereocenters. The van der Waals surface area contributed by atoms with Gasteiger partial charge >= 0.3 is 5.97 Å². The van der Waals surface area contributed by atoms with Gasteiger partial charge in [0, 0.05) is 10.0 Å². The zero-order valence-electron chi connectivity index (χ0n) is 8.32. The Balaban J connectivity index is 3.14. The lowest BCUT2D eigenvalue weighted by molar-refractivity contribution is -0.150. The van der Waals surface area contributed by atoms with Crippen molar-refractivity contribution in [3.63, 3.8) is 0 Å². The van der Waals surface area contributed by atoms with Crippen LogP contribution in [0.15, 0.2) is 16.6 Å². The van der Waals surface area contributed by atoms with Gasteiger partial charge in [-0.3, -0.25) is 0 Å². The molecule has 1 unspecified atom stereocenters. The molecule has 0 amide bonds. The number of ether oxygens (including phenoxy) is 1. The van der Waals surface area contributed by atoms with Crippen molar-refractivity contribution in [2.75, 3.05) is 7.11 Å². The van der Waals surface area contributed by atoms with E-state index in [1.165, 1.54) is 19.2 Å². The summed E-state index contributed by atoms with van der Waals surface area (Å²) in [5.74, 6) is -0.936. The van der Waals surface area contributed by atoms with Gasteiger partial charge in [-0.05, 0) is 24.6 Å². The summed E-state index contributed by atoms with van der Waals surface area (Å²) in [7, 11) is 1.17. The van der Waals surface area contributed by atoms with Gasteiger partial charge in [0.1, 0.15) is 5.75 Å². The monoisotopic (exact) mass is 274 g/mol. The summed E-state index contributed by atoms with van der Waals surface area (Å²) < 4.78 is 5.08. The lowest BCUT2D eigenvalue weighted by Crippen LogP contribution is -2.13. The number of hydrogen-bond donors (Lipinski definition) is 2. The summed E-state index contributed by atoms with van der Waals surface area (Å²) in [5, 5.41) is 19.1. The Morgan fingerprint density at radius 2 is 2.13 bits per heavy atom. The number of carbonyl (C=O) groups excluding carboxylic acids is 1. The number of aliphatic hydroxyl groups is 1. The van der Waals surface area contributed by atoms with E-state index in [9.17, 15) is 15.0 Å². The summed E-state index contributed by atoms with van der Waals surface area (Å²) in [4.78, 5) is 11.1. The molecule has 0 aliphatic heterocycles. The van der Waals surface area contributed by atoms with Crippen LogP contribution in [-0.2, 0) is 9.53 Å². The van der Waals surface area contributed by atoms with Gasteiger partial charge in [-0.1, -0.05) is 15.9 Å². The number of methoxy groups -OCH3 is 1. The molecule has 0 heterocycles. The van der Waals surface area contributed by atoms with E-state index in [-0.39, 0.29) is 11.3 Å². The van der Waals surface area contributed by atoms with Gasteiger partial charge in [-0.25, -0.2) is 4.79 Å². The van der Waals surface area contributed by atoms with E-state index in [0.29, 0.717) is 4.47 Å². The van der Waals surface area contributed by atoms with Crippen LogP contribution < -0.4 is 0 Å². The van der Waals surface area contributed by atoms with E-state index in [1.807, 2.05) is 0 Å². The van der Waals surface area contributed by atoms with Gasteiger partial charge in [0.05, 0.1) is 7.11 Å². The molecule has 4 nitrogen and oxygen atoms in total. The topological polar surface area (TPSA) is 66.8 Å². The molecule has 0 bridgehead atoms. The van der Waals surface area contributed by atoms with E-state index in [4.69, 9.17) is 0 Å². The van der Waals surface area contributed by atoms with Crippen molar-refractivity contribution in [1.82, 2.24) is 0 Å². The summed E-state index contributed by atoms with van der Waals surface area (Å²) in [6, 6.07) is 2.96. The number of carbonyl (C=O) groups is 1. The minimum atomic E-state index is -1.47. The Morgan fingerprint density at radius 3 is 2.67 bits per heavy atom. The van der Waals surface area contributed by atoms with Crippen molar-refractivity contribution in [3.05, 3.63) is 27.7 Å². The van der Waals surface area contributed by atoms with Gasteiger partial charge in [-0.2, -0.15) is 0 Å². The number of phenolic OH excluding ortho intramolecular Hbond substituents is 1. The maximum absolute atomic E-state index is 11.1. The van der Waals surface area contributed by atoms with Gasteiger partial charge in [0.15, 0.2) is 6.10 Å². The fraction of sp³-hybridized carbons (Fsp3) is 0.300. The van der Waals surface area contributed by atoms with Crippen molar-refractivity contribution in [3.8, 4) is 5.75 Å². The molecule has 1 rings (SSSR count). The molecule has 5 heteroatoms. The molecule has 0 radical (unpaired) electrons. The number of hydrogen-bond acceptors (Lipinski definition) is 4. The number of rotatable bonds is 2. The lowest BCUT2D eigenvalue weighted by Gasteiger charge is -2.12. The first-order valence-electron chi connectivity index (χ1n) is 4.22. The second kappa shape index (κ2) is 4.63. The van der Waals surface area contributed by atoms with Gasteiger partial charge < -0.3 is 14.9 Å². The first-order valence-corrected chi connectivity index (χ1v) is 5.01. The molecule has 0 spiro atoms. The highest BCUT2D eigenvalue weighted by molar-refractivity contribution is 9.10. The van der Waals surface area contributed by atoms with Crippen molar-refractivity contribution in [2.24, 2.45) is 0 Å². The van der Waals surface area contributed by atoms with E-state index in [0.717, 1.165) is 5.56 Å². The summed E-state index contributed by atoms with van der Waals surface area (Å²) in [6.07, 6.45) is -1.47. The van der Waals surface area contributed by atoms with E-state index >= 15 is 0 Å². The molecule has 15 heavy (non-hydrogen) atoms. The van der Waals surface area contributed by atoms with Crippen LogP contribution in [0.4, 0.5) is 0 Å². The highest BCUT2D eigenvalue weighted by Crippen LogP contribution is 2.30. The number of aryl methyl sites for hydroxylation is 1. The van der Waals surface area contributed by atoms with Crippen molar-refractivity contribution in [1.29, 1.82) is 0 Å². The Hall–Kier alpha value is -1.07. The molecule has 2 N–H and O–H groups in total. The number of benzene rings is 1. The molecule has 0 aliphatic carbocycles. The quantitative estimate of drug-likeness (QED) is 0.806. The van der Waals surface area contributed by atoms with Crippen LogP contribution in [0.2, 0.25) is 0 Å². The third kappa shape index (κ3) is 2.49. The van der Waals surface area contributed by atoms with E-state index in [2.05, 4.69) is 20.7 Å². The molecule has 0 fully saturated rings. The molecule has 1 aromatic carbocycles. The highest BCUT2D eigenvalue weighted by atomic mass is 79.9.